The smallest absolute Gasteiger partial charge is 0.109 e. The molecule has 0 aliphatic carbocycles. The highest BCUT2D eigenvalue weighted by molar-refractivity contribution is 5.26. The summed E-state index contributed by atoms with van der Waals surface area (Å²) in [7, 11) is 0. The van der Waals surface area contributed by atoms with Crippen molar-refractivity contribution in [2.45, 2.75) is 51.6 Å². The number of aryl methyl sites for hydroxylation is 2. The monoisotopic (exact) mass is 295 g/mol. The average Bonchev–Trinajstić information content (AvgIpc) is 3.15. The van der Waals surface area contributed by atoms with Crippen LogP contribution < -0.4 is 0 Å². The lowest BCUT2D eigenvalue weighted by Gasteiger charge is -2.24. The summed E-state index contributed by atoms with van der Waals surface area (Å²) in [5.41, 5.74) is 4.12. The second-order valence-corrected chi connectivity index (χ2v) is 6.93. The molecule has 2 aromatic rings. The first-order chi connectivity index (χ1) is 10.8. The van der Waals surface area contributed by atoms with E-state index in [4.69, 9.17) is 4.98 Å². The van der Waals surface area contributed by atoms with Crippen molar-refractivity contribution in [2.24, 2.45) is 0 Å². The van der Waals surface area contributed by atoms with Gasteiger partial charge in [0.2, 0.25) is 0 Å². The van der Waals surface area contributed by atoms with Crippen LogP contribution in [0.15, 0.2) is 30.5 Å². The molecule has 1 aromatic carbocycles. The summed E-state index contributed by atoms with van der Waals surface area (Å²) >= 11 is 0. The maximum atomic E-state index is 4.88. The minimum atomic E-state index is 0.640. The summed E-state index contributed by atoms with van der Waals surface area (Å²) in [4.78, 5) is 7.42. The molecule has 3 nitrogen and oxygen atoms in total. The second kappa shape index (κ2) is 5.88. The van der Waals surface area contributed by atoms with Crippen LogP contribution in [-0.4, -0.2) is 27.5 Å². The minimum absolute atomic E-state index is 0.640. The van der Waals surface area contributed by atoms with Crippen molar-refractivity contribution in [1.29, 1.82) is 0 Å². The molecule has 0 N–H and O–H groups in total. The molecule has 2 aliphatic heterocycles. The molecular formula is C19H25N3. The first-order valence-corrected chi connectivity index (χ1v) is 8.62. The van der Waals surface area contributed by atoms with Crippen molar-refractivity contribution in [3.63, 3.8) is 0 Å². The third-order valence-electron chi connectivity index (χ3n) is 5.14. The Kier molecular flexibility index (Phi) is 3.75. The van der Waals surface area contributed by atoms with Gasteiger partial charge in [-0.15, -0.1) is 0 Å². The Bertz CT molecular complexity index is 652. The molecule has 0 amide bonds. The summed E-state index contributed by atoms with van der Waals surface area (Å²) < 4.78 is 2.40. The highest BCUT2D eigenvalue weighted by Gasteiger charge is 2.22. The van der Waals surface area contributed by atoms with Gasteiger partial charge in [0.1, 0.15) is 5.82 Å². The zero-order valence-corrected chi connectivity index (χ0v) is 13.5. The molecule has 3 heteroatoms. The van der Waals surface area contributed by atoms with Gasteiger partial charge in [0.25, 0.3) is 0 Å². The predicted molar refractivity (Wildman–Crippen MR) is 89.0 cm³/mol. The minimum Gasteiger partial charge on any atom is -0.334 e. The number of imidazole rings is 1. The van der Waals surface area contributed by atoms with Crippen LogP contribution in [0.4, 0.5) is 0 Å². The zero-order valence-electron chi connectivity index (χ0n) is 13.5. The molecule has 2 aliphatic rings. The first kappa shape index (κ1) is 14.0. The highest BCUT2D eigenvalue weighted by Crippen LogP contribution is 2.29. The number of aromatic nitrogens is 2. The van der Waals surface area contributed by atoms with E-state index in [1.54, 1.807) is 0 Å². The number of rotatable bonds is 3. The van der Waals surface area contributed by atoms with Gasteiger partial charge in [-0.1, -0.05) is 29.8 Å². The van der Waals surface area contributed by atoms with Gasteiger partial charge in [-0.25, -0.2) is 4.98 Å². The topological polar surface area (TPSA) is 21.1 Å². The fourth-order valence-corrected chi connectivity index (χ4v) is 3.95. The van der Waals surface area contributed by atoms with Gasteiger partial charge in [-0.3, -0.25) is 4.90 Å². The van der Waals surface area contributed by atoms with E-state index in [-0.39, 0.29) is 0 Å². The molecule has 22 heavy (non-hydrogen) atoms. The van der Waals surface area contributed by atoms with Crippen LogP contribution in [0, 0.1) is 6.92 Å². The molecule has 3 heterocycles. The van der Waals surface area contributed by atoms with Crippen LogP contribution >= 0.6 is 0 Å². The largest absolute Gasteiger partial charge is 0.334 e. The summed E-state index contributed by atoms with van der Waals surface area (Å²) in [6.07, 6.45) is 7.34. The van der Waals surface area contributed by atoms with Gasteiger partial charge in [0, 0.05) is 31.6 Å². The molecule has 0 spiro atoms. The van der Waals surface area contributed by atoms with Crippen LogP contribution in [0.5, 0.6) is 0 Å². The molecule has 0 radical (unpaired) electrons. The molecule has 1 unspecified atom stereocenters. The van der Waals surface area contributed by atoms with Crippen LogP contribution in [0.2, 0.25) is 0 Å². The van der Waals surface area contributed by atoms with Gasteiger partial charge in [-0.2, -0.15) is 0 Å². The SMILES string of the molecule is Cc1cccc(C2CCc3nc(CN4CCCC4)cn3C2)c1. The van der Waals surface area contributed by atoms with E-state index in [9.17, 15) is 0 Å². The zero-order chi connectivity index (χ0) is 14.9. The number of fused-ring (bicyclic) bond motifs is 1. The Morgan fingerprint density at radius 3 is 2.91 bits per heavy atom. The van der Waals surface area contributed by atoms with Crippen molar-refractivity contribution in [3.8, 4) is 0 Å². The third kappa shape index (κ3) is 2.82. The second-order valence-electron chi connectivity index (χ2n) is 6.93. The Balaban J connectivity index is 1.49. The van der Waals surface area contributed by atoms with Crippen LogP contribution in [-0.2, 0) is 19.5 Å². The lowest BCUT2D eigenvalue weighted by molar-refractivity contribution is 0.327. The molecule has 1 saturated heterocycles. The molecule has 116 valence electrons. The van der Waals surface area contributed by atoms with Crippen LogP contribution in [0.25, 0.3) is 0 Å². The highest BCUT2D eigenvalue weighted by atomic mass is 15.2. The number of hydrogen-bond donors (Lipinski definition) is 0. The van der Waals surface area contributed by atoms with Crippen molar-refractivity contribution in [3.05, 3.63) is 53.1 Å². The van der Waals surface area contributed by atoms with E-state index in [0.29, 0.717) is 5.92 Å². The van der Waals surface area contributed by atoms with E-state index >= 15 is 0 Å². The van der Waals surface area contributed by atoms with Crippen molar-refractivity contribution < 1.29 is 0 Å². The van der Waals surface area contributed by atoms with E-state index in [1.165, 1.54) is 55.0 Å². The molecule has 4 rings (SSSR count). The fourth-order valence-electron chi connectivity index (χ4n) is 3.95. The average molecular weight is 295 g/mol. The fraction of sp³-hybridized carbons (Fsp3) is 0.526. The van der Waals surface area contributed by atoms with Gasteiger partial charge in [0.15, 0.2) is 0 Å². The standard InChI is InChI=1S/C19H25N3/c1-15-5-4-6-16(11-15)17-7-8-19-20-18(14-22(19)12-17)13-21-9-2-3-10-21/h4-6,11,14,17H,2-3,7-10,12-13H2,1H3. The number of hydrogen-bond acceptors (Lipinski definition) is 2. The molecule has 1 atom stereocenters. The lowest BCUT2D eigenvalue weighted by atomic mass is 9.91. The molecule has 1 aromatic heterocycles. The van der Waals surface area contributed by atoms with Crippen LogP contribution in [0.1, 0.15) is 47.8 Å². The first-order valence-electron chi connectivity index (χ1n) is 8.62. The quantitative estimate of drug-likeness (QED) is 0.864. The number of nitrogens with zero attached hydrogens (tertiary/aromatic N) is 3. The van der Waals surface area contributed by atoms with Crippen molar-refractivity contribution in [2.75, 3.05) is 13.1 Å². The lowest BCUT2D eigenvalue weighted by Crippen LogP contribution is -2.18. The summed E-state index contributed by atoms with van der Waals surface area (Å²) in [5, 5.41) is 0. The van der Waals surface area contributed by atoms with E-state index in [0.717, 1.165) is 19.5 Å². The van der Waals surface area contributed by atoms with Gasteiger partial charge in [0.05, 0.1) is 5.69 Å². The van der Waals surface area contributed by atoms with E-state index in [1.807, 2.05) is 0 Å². The molecule has 1 fully saturated rings. The Labute approximate surface area is 133 Å². The van der Waals surface area contributed by atoms with E-state index < -0.39 is 0 Å². The summed E-state index contributed by atoms with van der Waals surface area (Å²) in [6, 6.07) is 9.00. The van der Waals surface area contributed by atoms with Gasteiger partial charge < -0.3 is 4.57 Å². The molecule has 0 bridgehead atoms. The molecular weight excluding hydrogens is 270 g/mol. The van der Waals surface area contributed by atoms with Crippen molar-refractivity contribution in [1.82, 2.24) is 14.5 Å². The third-order valence-corrected chi connectivity index (χ3v) is 5.14. The number of likely N-dealkylation sites (tertiary alicyclic amines) is 1. The Hall–Kier alpha value is -1.61. The summed E-state index contributed by atoms with van der Waals surface area (Å²) in [6.45, 7) is 6.80. The molecule has 0 saturated carbocycles. The van der Waals surface area contributed by atoms with Gasteiger partial charge >= 0.3 is 0 Å². The van der Waals surface area contributed by atoms with Gasteiger partial charge in [-0.05, 0) is 44.8 Å². The maximum absolute atomic E-state index is 4.88. The predicted octanol–water partition coefficient (Wildman–Crippen LogP) is 3.52. The normalized spacial score (nSPS) is 22.0. The maximum Gasteiger partial charge on any atom is 0.109 e. The Morgan fingerprint density at radius 2 is 2.09 bits per heavy atom. The number of benzene rings is 1. The Morgan fingerprint density at radius 1 is 1.23 bits per heavy atom. The van der Waals surface area contributed by atoms with Crippen molar-refractivity contribution >= 4 is 0 Å². The van der Waals surface area contributed by atoms with E-state index in [2.05, 4.69) is 46.9 Å². The summed E-state index contributed by atoms with van der Waals surface area (Å²) in [5.74, 6) is 1.93. The van der Waals surface area contributed by atoms with Crippen LogP contribution in [0.3, 0.4) is 0 Å².